The summed E-state index contributed by atoms with van der Waals surface area (Å²) in [6.45, 7) is 2.16. The van der Waals surface area contributed by atoms with E-state index in [1.807, 2.05) is 0 Å². The molecule has 0 saturated carbocycles. The lowest BCUT2D eigenvalue weighted by molar-refractivity contribution is -0.137. The summed E-state index contributed by atoms with van der Waals surface area (Å²) in [7, 11) is 0. The second kappa shape index (κ2) is 13.8. The molecule has 134 valence electrons. The van der Waals surface area contributed by atoms with Crippen LogP contribution >= 0.6 is 0 Å². The first-order valence-electron chi connectivity index (χ1n) is 9.61. The highest BCUT2D eigenvalue weighted by Gasteiger charge is 1.95. The van der Waals surface area contributed by atoms with E-state index in [0.717, 1.165) is 19.3 Å². The molecule has 0 aliphatic heterocycles. The first kappa shape index (κ1) is 20.5. The van der Waals surface area contributed by atoms with Crippen molar-refractivity contribution in [3.05, 3.63) is 47.5 Å². The van der Waals surface area contributed by atoms with Gasteiger partial charge in [0.15, 0.2) is 0 Å². The standard InChI is InChI=1S/C22H34O2/c1-20-15-14-17-21(19-20)16-12-10-8-6-4-2-3-5-7-9-11-13-18-22(23)24/h7,9,14-15,17,19H,2-6,8,10-13,16,18H2,1H3,(H,23,24). The van der Waals surface area contributed by atoms with Gasteiger partial charge in [-0.2, -0.15) is 0 Å². The van der Waals surface area contributed by atoms with E-state index in [0.29, 0.717) is 0 Å². The molecule has 1 rings (SSSR count). The number of carboxylic acid groups (broad SMARTS) is 1. The van der Waals surface area contributed by atoms with E-state index >= 15 is 0 Å². The van der Waals surface area contributed by atoms with Crippen LogP contribution in [-0.4, -0.2) is 11.1 Å². The first-order chi connectivity index (χ1) is 11.7. The van der Waals surface area contributed by atoms with Crippen molar-refractivity contribution in [1.82, 2.24) is 0 Å². The van der Waals surface area contributed by atoms with E-state index in [-0.39, 0.29) is 6.42 Å². The fourth-order valence-corrected chi connectivity index (χ4v) is 2.95. The van der Waals surface area contributed by atoms with Crippen LogP contribution in [0.1, 0.15) is 81.8 Å². The summed E-state index contributed by atoms with van der Waals surface area (Å²) in [4.78, 5) is 10.4. The minimum atomic E-state index is -0.692. The van der Waals surface area contributed by atoms with Crippen molar-refractivity contribution in [1.29, 1.82) is 0 Å². The van der Waals surface area contributed by atoms with E-state index in [4.69, 9.17) is 5.11 Å². The molecule has 0 aliphatic rings. The average Bonchev–Trinajstić information content (AvgIpc) is 2.55. The number of unbranched alkanes of at least 4 members (excludes halogenated alkanes) is 8. The minimum absolute atomic E-state index is 0.286. The lowest BCUT2D eigenvalue weighted by Crippen LogP contribution is -1.92. The van der Waals surface area contributed by atoms with E-state index in [1.54, 1.807) is 0 Å². The highest BCUT2D eigenvalue weighted by molar-refractivity contribution is 5.66. The number of allylic oxidation sites excluding steroid dienone is 2. The van der Waals surface area contributed by atoms with Gasteiger partial charge >= 0.3 is 5.97 Å². The smallest absolute Gasteiger partial charge is 0.303 e. The third-order valence-electron chi connectivity index (χ3n) is 4.35. The summed E-state index contributed by atoms with van der Waals surface area (Å²) in [6.07, 6.45) is 17.9. The maximum Gasteiger partial charge on any atom is 0.303 e. The maximum atomic E-state index is 10.4. The number of rotatable bonds is 14. The molecule has 0 fully saturated rings. The maximum absolute atomic E-state index is 10.4. The Kier molecular flexibility index (Phi) is 11.8. The number of aliphatic carboxylic acids is 1. The zero-order valence-electron chi connectivity index (χ0n) is 15.3. The Bertz CT molecular complexity index is 477. The molecule has 24 heavy (non-hydrogen) atoms. The van der Waals surface area contributed by atoms with Gasteiger partial charge in [0.2, 0.25) is 0 Å². The molecular weight excluding hydrogens is 296 g/mol. The fraction of sp³-hybridized carbons (Fsp3) is 0.591. The Hall–Kier alpha value is -1.57. The molecule has 0 radical (unpaired) electrons. The molecular formula is C22H34O2. The number of aryl methyl sites for hydroxylation is 2. The monoisotopic (exact) mass is 330 g/mol. The van der Waals surface area contributed by atoms with E-state index in [2.05, 4.69) is 43.3 Å². The molecule has 1 N–H and O–H groups in total. The molecule has 0 unspecified atom stereocenters. The zero-order valence-corrected chi connectivity index (χ0v) is 15.3. The summed E-state index contributed by atoms with van der Waals surface area (Å²) in [5.41, 5.74) is 2.84. The number of hydrogen-bond donors (Lipinski definition) is 1. The Morgan fingerprint density at radius 1 is 0.917 bits per heavy atom. The van der Waals surface area contributed by atoms with Crippen LogP contribution in [0.5, 0.6) is 0 Å². The Labute approximate surface area is 148 Å². The molecule has 0 amide bonds. The molecule has 0 spiro atoms. The average molecular weight is 331 g/mol. The molecule has 2 nitrogen and oxygen atoms in total. The number of carbonyl (C=O) groups is 1. The Balaban J connectivity index is 1.84. The normalized spacial score (nSPS) is 11.2. The summed E-state index contributed by atoms with van der Waals surface area (Å²) < 4.78 is 0. The van der Waals surface area contributed by atoms with Crippen molar-refractivity contribution in [2.75, 3.05) is 0 Å². The van der Waals surface area contributed by atoms with Crippen LogP contribution < -0.4 is 0 Å². The van der Waals surface area contributed by atoms with E-state index in [9.17, 15) is 4.79 Å². The van der Waals surface area contributed by atoms with Crippen molar-refractivity contribution in [2.45, 2.75) is 84.0 Å². The van der Waals surface area contributed by atoms with Gasteiger partial charge in [0.05, 0.1) is 0 Å². The molecule has 2 heteroatoms. The topological polar surface area (TPSA) is 37.3 Å². The molecule has 0 bridgehead atoms. The summed E-state index contributed by atoms with van der Waals surface area (Å²) in [5.74, 6) is -0.692. The van der Waals surface area contributed by atoms with E-state index in [1.165, 1.54) is 62.5 Å². The molecule has 0 saturated heterocycles. The number of carboxylic acids is 1. The van der Waals surface area contributed by atoms with Crippen LogP contribution in [0.3, 0.4) is 0 Å². The largest absolute Gasteiger partial charge is 0.481 e. The van der Waals surface area contributed by atoms with Crippen molar-refractivity contribution in [3.63, 3.8) is 0 Å². The van der Waals surface area contributed by atoms with Gasteiger partial charge in [-0.3, -0.25) is 4.79 Å². The van der Waals surface area contributed by atoms with Crippen LogP contribution in [0.15, 0.2) is 36.4 Å². The quantitative estimate of drug-likeness (QED) is 0.313. The van der Waals surface area contributed by atoms with Crippen molar-refractivity contribution in [2.24, 2.45) is 0 Å². The summed E-state index contributed by atoms with van der Waals surface area (Å²) in [6, 6.07) is 8.86. The molecule has 0 aromatic heterocycles. The third-order valence-corrected chi connectivity index (χ3v) is 4.35. The van der Waals surface area contributed by atoms with Gasteiger partial charge in [-0.15, -0.1) is 0 Å². The minimum Gasteiger partial charge on any atom is -0.481 e. The zero-order chi connectivity index (χ0) is 17.5. The van der Waals surface area contributed by atoms with Gasteiger partial charge in [-0.1, -0.05) is 74.1 Å². The van der Waals surface area contributed by atoms with Crippen LogP contribution in [-0.2, 0) is 11.2 Å². The first-order valence-corrected chi connectivity index (χ1v) is 9.61. The van der Waals surface area contributed by atoms with E-state index < -0.39 is 5.97 Å². The number of benzene rings is 1. The Morgan fingerprint density at radius 3 is 2.21 bits per heavy atom. The predicted molar refractivity (Wildman–Crippen MR) is 102 cm³/mol. The van der Waals surface area contributed by atoms with Gasteiger partial charge < -0.3 is 5.11 Å². The predicted octanol–water partition coefficient (Wildman–Crippen LogP) is 6.47. The molecule has 0 heterocycles. The van der Waals surface area contributed by atoms with Crippen molar-refractivity contribution in [3.8, 4) is 0 Å². The van der Waals surface area contributed by atoms with Gasteiger partial charge in [-0.25, -0.2) is 0 Å². The molecule has 1 aromatic carbocycles. The van der Waals surface area contributed by atoms with Crippen LogP contribution in [0.25, 0.3) is 0 Å². The lowest BCUT2D eigenvalue weighted by Gasteiger charge is -2.03. The van der Waals surface area contributed by atoms with Crippen molar-refractivity contribution >= 4 is 5.97 Å². The van der Waals surface area contributed by atoms with Crippen LogP contribution in [0, 0.1) is 6.92 Å². The fourth-order valence-electron chi connectivity index (χ4n) is 2.95. The second-order valence-electron chi connectivity index (χ2n) is 6.76. The van der Waals surface area contributed by atoms with Gasteiger partial charge in [0.25, 0.3) is 0 Å². The van der Waals surface area contributed by atoms with Crippen LogP contribution in [0.4, 0.5) is 0 Å². The highest BCUT2D eigenvalue weighted by atomic mass is 16.4. The van der Waals surface area contributed by atoms with Crippen molar-refractivity contribution < 1.29 is 9.90 Å². The molecule has 0 aliphatic carbocycles. The molecule has 0 atom stereocenters. The van der Waals surface area contributed by atoms with Gasteiger partial charge in [-0.05, 0) is 51.0 Å². The molecule has 1 aromatic rings. The summed E-state index contributed by atoms with van der Waals surface area (Å²) >= 11 is 0. The lowest BCUT2D eigenvalue weighted by atomic mass is 10.0. The van der Waals surface area contributed by atoms with Crippen LogP contribution in [0.2, 0.25) is 0 Å². The summed E-state index contributed by atoms with van der Waals surface area (Å²) in [5, 5.41) is 8.54. The number of hydrogen-bond acceptors (Lipinski definition) is 1. The van der Waals surface area contributed by atoms with Gasteiger partial charge in [0, 0.05) is 6.42 Å². The van der Waals surface area contributed by atoms with Gasteiger partial charge in [0.1, 0.15) is 0 Å². The Morgan fingerprint density at radius 2 is 1.54 bits per heavy atom. The highest BCUT2D eigenvalue weighted by Crippen LogP contribution is 2.12. The SMILES string of the molecule is Cc1cccc(CCCCCCCCCC=CCCCC(=O)O)c1. The third kappa shape index (κ3) is 11.9. The second-order valence-corrected chi connectivity index (χ2v) is 6.76.